The molecule has 0 saturated carbocycles. The molecule has 0 aliphatic carbocycles. The first kappa shape index (κ1) is 54.9. The maximum absolute atomic E-state index is 13.0. The number of methoxy groups -OCH3 is 1. The molecule has 1 heterocycles. The zero-order valence-corrected chi connectivity index (χ0v) is 39.5. The molecule has 2 amide bonds. The van der Waals surface area contributed by atoms with E-state index in [2.05, 4.69) is 10.6 Å². The SMILES string of the molecule is CC(C)(C)OC(=O)CN1CCN(CC=O)CCN(CC(=O)NCCCCC(N[C-]=O)C(=O)OC(C)(C)C)CCN(CC(=O)OC(C)(C)C)CC1.COC(C)(C)C.[Fm]. The smallest absolute Gasteiger partial charge is 0.326 e. The summed E-state index contributed by atoms with van der Waals surface area (Å²) in [6.45, 7) is 27.0. The fourth-order valence-electron chi connectivity index (χ4n) is 5.11. The Morgan fingerprint density at radius 3 is 1.37 bits per heavy atom. The van der Waals surface area contributed by atoms with Crippen molar-refractivity contribution in [1.82, 2.24) is 30.2 Å². The molecule has 16 nitrogen and oxygen atoms in total. The third kappa shape index (κ3) is 31.6. The van der Waals surface area contributed by atoms with Crippen LogP contribution < -0.4 is 10.6 Å². The zero-order chi connectivity index (χ0) is 43.2. The zero-order valence-electron chi connectivity index (χ0n) is 37.1. The van der Waals surface area contributed by atoms with Gasteiger partial charge in [-0.1, -0.05) is 0 Å². The van der Waals surface area contributed by atoms with Gasteiger partial charge in [0.2, 0.25) is 5.91 Å². The number of esters is 3. The van der Waals surface area contributed by atoms with Crippen LogP contribution in [0, 0.1) is 0 Å². The van der Waals surface area contributed by atoms with Crippen molar-refractivity contribution in [1.29, 1.82) is 0 Å². The summed E-state index contributed by atoms with van der Waals surface area (Å²) in [5, 5.41) is 5.32. The van der Waals surface area contributed by atoms with E-state index in [4.69, 9.17) is 18.9 Å². The minimum atomic E-state index is -0.813. The molecule has 2 N–H and O–H groups in total. The number of rotatable bonds is 16. The molecule has 0 radical (unpaired) electrons. The van der Waals surface area contributed by atoms with Gasteiger partial charge in [-0.25, -0.2) is 4.79 Å². The Balaban J connectivity index is 0. The third-order valence-electron chi connectivity index (χ3n) is 7.95. The monoisotopic (exact) mass is 1060 g/mol. The number of ether oxygens (including phenoxy) is 4. The van der Waals surface area contributed by atoms with E-state index < -0.39 is 28.8 Å². The first-order valence-corrected chi connectivity index (χ1v) is 19.7. The van der Waals surface area contributed by atoms with Crippen LogP contribution in [-0.2, 0) is 47.7 Å². The van der Waals surface area contributed by atoms with Crippen molar-refractivity contribution in [3.63, 3.8) is 0 Å². The van der Waals surface area contributed by atoms with E-state index in [-0.39, 0.29) is 49.6 Å². The van der Waals surface area contributed by atoms with Crippen molar-refractivity contribution >= 4 is 36.5 Å². The standard InChI is InChI=1S/C35H63N6O9.C5H12O.Fm/c1-33(2,3)48-30(45)25-40-17-15-38(22-23-42)14-16-39(18-19-41(21-20-40)26-31(46)49-34(4,5)6)24-29(44)36-13-11-10-12-28(37-27-43)32(47)50-35(7,8)9;1-5(2,3)6-4;/h23,28H,10-22,24-26H2,1-9H3,(H,36,44)(H,37,43);1-4H3;/q-1;;. The summed E-state index contributed by atoms with van der Waals surface area (Å²) in [6, 6.07) is -0.813. The maximum Gasteiger partial charge on any atom is 0.326 e. The largest absolute Gasteiger partial charge is 0.520 e. The Bertz CT molecular complexity index is 1200. The number of nitrogens with one attached hydrogen (secondary N) is 2. The summed E-state index contributed by atoms with van der Waals surface area (Å²) in [6.07, 6.45) is 3.91. The van der Waals surface area contributed by atoms with Crippen LogP contribution in [0.4, 0.5) is 0 Å². The second-order valence-corrected chi connectivity index (χ2v) is 18.0. The quantitative estimate of drug-likeness (QED) is 0.0575. The predicted molar refractivity (Wildman–Crippen MR) is 216 cm³/mol. The van der Waals surface area contributed by atoms with Gasteiger partial charge in [0.25, 0.3) is 0 Å². The fraction of sp³-hybridized carbons (Fsp3) is 0.850. The number of hydrogen-bond acceptors (Lipinski definition) is 14. The summed E-state index contributed by atoms with van der Waals surface area (Å²) in [5.74, 6) is -1.41. The second kappa shape index (κ2) is 26.7. The van der Waals surface area contributed by atoms with Crippen molar-refractivity contribution in [3.05, 3.63) is 0 Å². The van der Waals surface area contributed by atoms with Gasteiger partial charge < -0.3 is 39.2 Å². The van der Waals surface area contributed by atoms with Crippen LogP contribution in [0.5, 0.6) is 0 Å². The molecule has 57 heavy (non-hydrogen) atoms. The van der Waals surface area contributed by atoms with Gasteiger partial charge in [-0.15, -0.1) is 0 Å². The van der Waals surface area contributed by atoms with E-state index in [0.29, 0.717) is 78.2 Å². The topological polar surface area (TPSA) is 176 Å². The molecular formula is C40H75FmN6O10-. The molecule has 1 unspecified atom stereocenters. The molecule has 0 bridgehead atoms. The van der Waals surface area contributed by atoms with Gasteiger partial charge in [0.15, 0.2) is 0 Å². The van der Waals surface area contributed by atoms with Crippen molar-refractivity contribution in [2.24, 2.45) is 0 Å². The Hall–Kier alpha value is -4.18. The summed E-state index contributed by atoms with van der Waals surface area (Å²) in [4.78, 5) is 81.3. The van der Waals surface area contributed by atoms with Gasteiger partial charge in [-0.3, -0.25) is 34.0 Å². The van der Waals surface area contributed by atoms with Crippen molar-refractivity contribution in [2.45, 2.75) is 131 Å². The van der Waals surface area contributed by atoms with Gasteiger partial charge in [0.1, 0.15) is 23.1 Å². The van der Waals surface area contributed by atoms with Crippen LogP contribution in [0.25, 0.3) is 0 Å². The van der Waals surface area contributed by atoms with Crippen LogP contribution >= 0.6 is 0 Å². The van der Waals surface area contributed by atoms with Gasteiger partial charge in [0, 0.05) is 66.0 Å². The number of aldehydes is 1. The van der Waals surface area contributed by atoms with E-state index >= 15 is 0 Å². The first-order chi connectivity index (χ1) is 25.8. The molecule has 0 aromatic rings. The molecule has 1 aliphatic rings. The van der Waals surface area contributed by atoms with Gasteiger partial charge in [-0.2, -0.15) is 6.41 Å². The molecule has 0 aromatic carbocycles. The number of carbonyl (C=O) groups excluding carboxylic acids is 6. The maximum atomic E-state index is 13.0. The molecule has 0 spiro atoms. The number of unbranched alkanes of at least 4 members (excludes halogenated alkanes) is 1. The van der Waals surface area contributed by atoms with Crippen LogP contribution in [0.1, 0.15) is 102 Å². The number of amides is 2. The summed E-state index contributed by atoms with van der Waals surface area (Å²) >= 11 is 0. The van der Waals surface area contributed by atoms with Crippen LogP contribution in [0.15, 0.2) is 0 Å². The molecule has 1 aliphatic heterocycles. The molecule has 1 rings (SSSR count). The minimum Gasteiger partial charge on any atom is -0.520 e. The Kier molecular flexibility index (Phi) is 25.7. The Morgan fingerprint density at radius 2 is 1.02 bits per heavy atom. The summed E-state index contributed by atoms with van der Waals surface area (Å²) < 4.78 is 21.4. The fourth-order valence-corrected chi connectivity index (χ4v) is 5.11. The second-order valence-electron chi connectivity index (χ2n) is 18.0. The first-order valence-electron chi connectivity index (χ1n) is 19.7. The molecule has 1 atom stereocenters. The normalized spacial score (nSPS) is 16.5. The predicted octanol–water partition coefficient (Wildman–Crippen LogP) is 2.18. The Labute approximate surface area is 337 Å². The van der Waals surface area contributed by atoms with E-state index in [0.717, 1.165) is 6.29 Å². The molecule has 17 heteroatoms. The van der Waals surface area contributed by atoms with Crippen LogP contribution in [0.3, 0.4) is 0 Å². The van der Waals surface area contributed by atoms with Gasteiger partial charge in [-0.05, 0) is 102 Å². The van der Waals surface area contributed by atoms with Crippen LogP contribution in [-0.4, -0.2) is 177 Å². The number of hydrogen-bond donors (Lipinski definition) is 2. The van der Waals surface area contributed by atoms with E-state index in [1.165, 1.54) is 0 Å². The van der Waals surface area contributed by atoms with Crippen LogP contribution in [0.2, 0.25) is 0 Å². The van der Waals surface area contributed by atoms with Gasteiger partial charge >= 0.3 is 17.9 Å². The molecule has 1 fully saturated rings. The van der Waals surface area contributed by atoms with Crippen molar-refractivity contribution in [2.75, 3.05) is 92.2 Å². The molecule has 338 valence electrons. The number of nitrogens with zero attached hydrogens (tertiary/aromatic N) is 4. The summed E-state index contributed by atoms with van der Waals surface area (Å²) in [5.41, 5.74) is -1.90. The van der Waals surface area contributed by atoms with E-state index in [1.807, 2.05) is 81.9 Å². The van der Waals surface area contributed by atoms with E-state index in [9.17, 15) is 28.8 Å². The van der Waals surface area contributed by atoms with Gasteiger partial charge in [0.05, 0.1) is 37.8 Å². The molecule has 1 saturated heterocycles. The van der Waals surface area contributed by atoms with E-state index in [1.54, 1.807) is 34.3 Å². The average molecular weight is 1060 g/mol. The summed E-state index contributed by atoms with van der Waals surface area (Å²) in [7, 11) is 1.71. The molecule has 0 aromatic heterocycles. The van der Waals surface area contributed by atoms with Crippen molar-refractivity contribution in [3.8, 4) is 0 Å². The van der Waals surface area contributed by atoms with Crippen molar-refractivity contribution < 1.29 is 47.7 Å². The molecular weight excluding hydrogens is 981 g/mol. The average Bonchev–Trinajstić information content (AvgIpc) is 3.02. The Morgan fingerprint density at radius 1 is 0.632 bits per heavy atom. The number of carbonyl (C=O) groups is 5. The minimum absolute atomic E-state index is 0. The third-order valence-corrected chi connectivity index (χ3v) is 7.95.